The molecule has 112 valence electrons. The van der Waals surface area contributed by atoms with Gasteiger partial charge in [-0.05, 0) is 23.8 Å². The maximum Gasteiger partial charge on any atom is 0.243 e. The van der Waals surface area contributed by atoms with Crippen molar-refractivity contribution < 1.29 is 4.79 Å². The molecule has 0 unspecified atom stereocenters. The molecular weight excluding hydrogens is 290 g/mol. The van der Waals surface area contributed by atoms with Crippen LogP contribution < -0.4 is 5.32 Å². The van der Waals surface area contributed by atoms with Crippen LogP contribution in [0, 0.1) is 0 Å². The van der Waals surface area contributed by atoms with Crippen molar-refractivity contribution in [2.45, 2.75) is 32.7 Å². The lowest BCUT2D eigenvalue weighted by atomic mass is 10.2. The fourth-order valence-electron chi connectivity index (χ4n) is 1.84. The first-order chi connectivity index (χ1) is 10.2. The van der Waals surface area contributed by atoms with E-state index in [2.05, 4.69) is 27.7 Å². The first-order valence-electron chi connectivity index (χ1n) is 6.99. The minimum Gasteiger partial charge on any atom is -0.354 e. The summed E-state index contributed by atoms with van der Waals surface area (Å²) in [7, 11) is 0. The monoisotopic (exact) mass is 307 g/mol. The van der Waals surface area contributed by atoms with E-state index in [9.17, 15) is 4.79 Å². The van der Waals surface area contributed by atoms with E-state index in [0.717, 1.165) is 24.8 Å². The van der Waals surface area contributed by atoms with Crippen LogP contribution in [0.4, 0.5) is 0 Å². The number of hydrogen-bond acceptors (Lipinski definition) is 4. The molecule has 1 aromatic carbocycles. The van der Waals surface area contributed by atoms with Gasteiger partial charge in [-0.2, -0.15) is 4.80 Å². The summed E-state index contributed by atoms with van der Waals surface area (Å²) < 4.78 is 0. The summed E-state index contributed by atoms with van der Waals surface area (Å²) in [4.78, 5) is 13.0. The number of carbonyl (C=O) groups excluding carboxylic acids is 1. The molecular formula is C14H18ClN5O. The van der Waals surface area contributed by atoms with E-state index in [-0.39, 0.29) is 12.5 Å². The number of unbranched alkanes of at least 4 members (excludes halogenated alkanes) is 2. The predicted molar refractivity (Wildman–Crippen MR) is 80.8 cm³/mol. The third-order valence-electron chi connectivity index (χ3n) is 2.92. The second-order valence-electron chi connectivity index (χ2n) is 4.71. The molecule has 1 N–H and O–H groups in total. The van der Waals surface area contributed by atoms with Gasteiger partial charge in [-0.25, -0.2) is 0 Å². The van der Waals surface area contributed by atoms with Gasteiger partial charge in [0.25, 0.3) is 0 Å². The Labute approximate surface area is 128 Å². The van der Waals surface area contributed by atoms with Gasteiger partial charge in [-0.1, -0.05) is 43.5 Å². The molecule has 0 saturated carbocycles. The molecule has 0 aliphatic carbocycles. The second kappa shape index (κ2) is 7.73. The number of rotatable bonds is 7. The molecule has 0 fully saturated rings. The van der Waals surface area contributed by atoms with Gasteiger partial charge in [-0.3, -0.25) is 4.79 Å². The molecule has 1 aromatic heterocycles. The molecule has 0 radical (unpaired) electrons. The minimum absolute atomic E-state index is 0.0691. The van der Waals surface area contributed by atoms with Crippen molar-refractivity contribution in [2.75, 3.05) is 6.54 Å². The zero-order valence-corrected chi connectivity index (χ0v) is 12.7. The molecule has 2 rings (SSSR count). The van der Waals surface area contributed by atoms with Gasteiger partial charge in [-0.15, -0.1) is 10.2 Å². The summed E-state index contributed by atoms with van der Waals surface area (Å²) in [6, 6.07) is 7.20. The Morgan fingerprint density at radius 2 is 2.24 bits per heavy atom. The van der Waals surface area contributed by atoms with Gasteiger partial charge in [0.05, 0.1) is 0 Å². The Hall–Kier alpha value is -1.95. The molecule has 21 heavy (non-hydrogen) atoms. The SMILES string of the molecule is CCCCCNC(=O)Cn1nnc(-c2cccc(Cl)c2)n1. The lowest BCUT2D eigenvalue weighted by molar-refractivity contribution is -0.122. The van der Waals surface area contributed by atoms with E-state index in [1.54, 1.807) is 12.1 Å². The largest absolute Gasteiger partial charge is 0.354 e. The molecule has 6 nitrogen and oxygen atoms in total. The number of halogens is 1. The number of nitrogens with one attached hydrogen (secondary N) is 1. The average Bonchev–Trinajstić information content (AvgIpc) is 2.92. The number of nitrogens with zero attached hydrogens (tertiary/aromatic N) is 4. The minimum atomic E-state index is -0.110. The van der Waals surface area contributed by atoms with Gasteiger partial charge in [0, 0.05) is 17.1 Å². The lowest BCUT2D eigenvalue weighted by Gasteiger charge is -2.03. The molecule has 0 bridgehead atoms. The highest BCUT2D eigenvalue weighted by Crippen LogP contribution is 2.18. The van der Waals surface area contributed by atoms with Gasteiger partial charge < -0.3 is 5.32 Å². The standard InChI is InChI=1S/C14H18ClN5O/c1-2-3-4-8-16-13(21)10-20-18-14(17-19-20)11-6-5-7-12(15)9-11/h5-7,9H,2-4,8,10H2,1H3,(H,16,21). The van der Waals surface area contributed by atoms with Crippen molar-refractivity contribution in [3.05, 3.63) is 29.3 Å². The molecule has 2 aromatic rings. The molecule has 0 aliphatic rings. The van der Waals surface area contributed by atoms with Gasteiger partial charge >= 0.3 is 0 Å². The van der Waals surface area contributed by atoms with E-state index in [0.29, 0.717) is 17.4 Å². The van der Waals surface area contributed by atoms with Crippen LogP contribution in [-0.2, 0) is 11.3 Å². The maximum atomic E-state index is 11.7. The lowest BCUT2D eigenvalue weighted by Crippen LogP contribution is -2.29. The molecule has 7 heteroatoms. The Morgan fingerprint density at radius 1 is 1.38 bits per heavy atom. The van der Waals surface area contributed by atoms with Crippen molar-refractivity contribution >= 4 is 17.5 Å². The fraction of sp³-hybridized carbons (Fsp3) is 0.429. The van der Waals surface area contributed by atoms with Crippen molar-refractivity contribution in [2.24, 2.45) is 0 Å². The third kappa shape index (κ3) is 4.82. The number of amides is 1. The normalized spacial score (nSPS) is 10.6. The molecule has 0 saturated heterocycles. The van der Waals surface area contributed by atoms with Gasteiger partial charge in [0.2, 0.25) is 11.7 Å². The molecule has 1 amide bonds. The average molecular weight is 308 g/mol. The molecule has 1 heterocycles. The first-order valence-corrected chi connectivity index (χ1v) is 7.37. The number of aromatic nitrogens is 4. The third-order valence-corrected chi connectivity index (χ3v) is 3.16. The van der Waals surface area contributed by atoms with E-state index in [1.165, 1.54) is 4.80 Å². The van der Waals surface area contributed by atoms with Gasteiger partial charge in [0.15, 0.2) is 0 Å². The van der Waals surface area contributed by atoms with E-state index in [4.69, 9.17) is 11.6 Å². The van der Waals surface area contributed by atoms with Crippen molar-refractivity contribution in [1.29, 1.82) is 0 Å². The zero-order chi connectivity index (χ0) is 15.1. The van der Waals surface area contributed by atoms with Crippen LogP contribution in [-0.4, -0.2) is 32.7 Å². The fourth-order valence-corrected chi connectivity index (χ4v) is 2.03. The van der Waals surface area contributed by atoms with Crippen molar-refractivity contribution in [3.8, 4) is 11.4 Å². The van der Waals surface area contributed by atoms with Crippen molar-refractivity contribution in [1.82, 2.24) is 25.5 Å². The van der Waals surface area contributed by atoms with Crippen LogP contribution in [0.1, 0.15) is 26.2 Å². The summed E-state index contributed by atoms with van der Waals surface area (Å²) >= 11 is 5.92. The van der Waals surface area contributed by atoms with Crippen LogP contribution in [0.25, 0.3) is 11.4 Å². The summed E-state index contributed by atoms with van der Waals surface area (Å²) in [6.07, 6.45) is 3.23. The quantitative estimate of drug-likeness (QED) is 0.797. The Bertz CT molecular complexity index is 599. The zero-order valence-electron chi connectivity index (χ0n) is 11.9. The van der Waals surface area contributed by atoms with Crippen LogP contribution in [0.5, 0.6) is 0 Å². The highest BCUT2D eigenvalue weighted by molar-refractivity contribution is 6.30. The number of carbonyl (C=O) groups is 1. The van der Waals surface area contributed by atoms with Crippen LogP contribution in [0.2, 0.25) is 5.02 Å². The van der Waals surface area contributed by atoms with Crippen LogP contribution in [0.3, 0.4) is 0 Å². The maximum absolute atomic E-state index is 11.7. The van der Waals surface area contributed by atoms with E-state index < -0.39 is 0 Å². The Kier molecular flexibility index (Phi) is 5.68. The summed E-state index contributed by atoms with van der Waals surface area (Å²) in [5.41, 5.74) is 0.775. The number of tetrazole rings is 1. The summed E-state index contributed by atoms with van der Waals surface area (Å²) in [5, 5.41) is 15.4. The molecule has 0 spiro atoms. The number of benzene rings is 1. The summed E-state index contributed by atoms with van der Waals surface area (Å²) in [6.45, 7) is 2.88. The summed E-state index contributed by atoms with van der Waals surface area (Å²) in [5.74, 6) is 0.345. The van der Waals surface area contributed by atoms with E-state index >= 15 is 0 Å². The number of hydrogen-bond donors (Lipinski definition) is 1. The van der Waals surface area contributed by atoms with Crippen molar-refractivity contribution in [3.63, 3.8) is 0 Å². The smallest absolute Gasteiger partial charge is 0.243 e. The predicted octanol–water partition coefficient (Wildman–Crippen LogP) is 2.30. The first kappa shape index (κ1) is 15.4. The molecule has 0 aliphatic heterocycles. The highest BCUT2D eigenvalue weighted by atomic mass is 35.5. The van der Waals surface area contributed by atoms with Gasteiger partial charge in [0.1, 0.15) is 6.54 Å². The highest BCUT2D eigenvalue weighted by Gasteiger charge is 2.09. The Morgan fingerprint density at radius 3 is 3.00 bits per heavy atom. The topological polar surface area (TPSA) is 72.7 Å². The van der Waals surface area contributed by atoms with E-state index in [1.807, 2.05) is 12.1 Å². The van der Waals surface area contributed by atoms with Crippen LogP contribution >= 0.6 is 11.6 Å². The second-order valence-corrected chi connectivity index (χ2v) is 5.15. The Balaban J connectivity index is 1.90. The van der Waals surface area contributed by atoms with Crippen LogP contribution in [0.15, 0.2) is 24.3 Å². The molecule has 0 atom stereocenters.